The van der Waals surface area contributed by atoms with Crippen LogP contribution in [0.5, 0.6) is 0 Å². The predicted octanol–water partition coefficient (Wildman–Crippen LogP) is 3.48. The summed E-state index contributed by atoms with van der Waals surface area (Å²) in [5, 5.41) is 10.2. The first-order valence-electron chi connectivity index (χ1n) is 5.64. The van der Waals surface area contributed by atoms with E-state index in [9.17, 15) is 4.79 Å². The van der Waals surface area contributed by atoms with Crippen molar-refractivity contribution in [2.24, 2.45) is 0 Å². The second-order valence-electron chi connectivity index (χ2n) is 4.13. The first-order chi connectivity index (χ1) is 9.15. The van der Waals surface area contributed by atoms with E-state index in [1.807, 2.05) is 25.1 Å². The lowest BCUT2D eigenvalue weighted by atomic mass is 10.2. The molecule has 2 heterocycles. The van der Waals surface area contributed by atoms with Gasteiger partial charge in [-0.15, -0.1) is 0 Å². The standard InChI is InChI=1S/C13H10BrN3O2/c1-7-10(6-15-17-7)16-13(18)12-5-8-9(14)3-2-4-11(8)19-12/h2-6H,1H3,(H,15,17)(H,16,18). The van der Waals surface area contributed by atoms with Gasteiger partial charge in [-0.1, -0.05) is 22.0 Å². The van der Waals surface area contributed by atoms with E-state index in [4.69, 9.17) is 4.42 Å². The Bertz CT molecular complexity index is 760. The van der Waals surface area contributed by atoms with Gasteiger partial charge in [-0.2, -0.15) is 5.10 Å². The summed E-state index contributed by atoms with van der Waals surface area (Å²) in [5.74, 6) is -0.0323. The zero-order chi connectivity index (χ0) is 13.4. The maximum Gasteiger partial charge on any atom is 0.291 e. The Hall–Kier alpha value is -2.08. The molecule has 0 fully saturated rings. The topological polar surface area (TPSA) is 70.9 Å². The van der Waals surface area contributed by atoms with Gasteiger partial charge in [0.05, 0.1) is 17.6 Å². The number of anilines is 1. The number of rotatable bonds is 2. The third-order valence-electron chi connectivity index (χ3n) is 2.81. The highest BCUT2D eigenvalue weighted by Gasteiger charge is 2.15. The predicted molar refractivity (Wildman–Crippen MR) is 75.2 cm³/mol. The number of benzene rings is 1. The molecule has 5 nitrogen and oxygen atoms in total. The number of aryl methyl sites for hydroxylation is 1. The highest BCUT2D eigenvalue weighted by Crippen LogP contribution is 2.27. The van der Waals surface area contributed by atoms with Crippen LogP contribution in [0.15, 0.2) is 39.4 Å². The molecule has 0 aliphatic rings. The van der Waals surface area contributed by atoms with Crippen molar-refractivity contribution in [2.75, 3.05) is 5.32 Å². The number of halogens is 1. The normalized spacial score (nSPS) is 10.8. The number of fused-ring (bicyclic) bond motifs is 1. The van der Waals surface area contributed by atoms with Gasteiger partial charge in [0.25, 0.3) is 5.91 Å². The highest BCUT2D eigenvalue weighted by molar-refractivity contribution is 9.10. The SMILES string of the molecule is Cc1[nH]ncc1NC(=O)c1cc2c(Br)cccc2o1. The molecule has 1 aromatic carbocycles. The third kappa shape index (κ3) is 2.15. The van der Waals surface area contributed by atoms with E-state index in [0.717, 1.165) is 15.6 Å². The van der Waals surface area contributed by atoms with Crippen LogP contribution < -0.4 is 5.32 Å². The first-order valence-corrected chi connectivity index (χ1v) is 6.44. The quantitative estimate of drug-likeness (QED) is 0.759. The molecule has 2 N–H and O–H groups in total. The second-order valence-corrected chi connectivity index (χ2v) is 4.98. The lowest BCUT2D eigenvalue weighted by molar-refractivity contribution is 0.0998. The van der Waals surface area contributed by atoms with Crippen LogP contribution >= 0.6 is 15.9 Å². The molecule has 3 rings (SSSR count). The molecule has 2 aromatic heterocycles. The number of amides is 1. The van der Waals surface area contributed by atoms with E-state index in [1.54, 1.807) is 12.3 Å². The number of hydrogen-bond donors (Lipinski definition) is 2. The fourth-order valence-corrected chi connectivity index (χ4v) is 2.26. The fourth-order valence-electron chi connectivity index (χ4n) is 1.80. The van der Waals surface area contributed by atoms with Crippen molar-refractivity contribution < 1.29 is 9.21 Å². The van der Waals surface area contributed by atoms with Crippen LogP contribution in [0.2, 0.25) is 0 Å². The molecular weight excluding hydrogens is 310 g/mol. The van der Waals surface area contributed by atoms with Gasteiger partial charge < -0.3 is 9.73 Å². The second kappa shape index (κ2) is 4.55. The van der Waals surface area contributed by atoms with Gasteiger partial charge in [0.2, 0.25) is 0 Å². The lowest BCUT2D eigenvalue weighted by Gasteiger charge is -1.99. The third-order valence-corrected chi connectivity index (χ3v) is 3.50. The van der Waals surface area contributed by atoms with E-state index < -0.39 is 0 Å². The van der Waals surface area contributed by atoms with Crippen molar-refractivity contribution in [1.82, 2.24) is 10.2 Å². The van der Waals surface area contributed by atoms with Crippen LogP contribution in [0.1, 0.15) is 16.2 Å². The first kappa shape index (κ1) is 12.0. The largest absolute Gasteiger partial charge is 0.451 e. The van der Waals surface area contributed by atoms with Crippen LogP contribution in [0.4, 0.5) is 5.69 Å². The average molecular weight is 320 g/mol. The van der Waals surface area contributed by atoms with Crippen molar-refractivity contribution in [3.8, 4) is 0 Å². The number of nitrogens with zero attached hydrogens (tertiary/aromatic N) is 1. The van der Waals surface area contributed by atoms with E-state index in [2.05, 4.69) is 31.4 Å². The number of nitrogens with one attached hydrogen (secondary N) is 2. The molecule has 19 heavy (non-hydrogen) atoms. The van der Waals surface area contributed by atoms with Gasteiger partial charge in [-0.05, 0) is 25.1 Å². The van der Waals surface area contributed by atoms with Crippen molar-refractivity contribution in [3.05, 3.63) is 46.4 Å². The maximum atomic E-state index is 12.1. The minimum atomic E-state index is -0.299. The van der Waals surface area contributed by atoms with Gasteiger partial charge in [0, 0.05) is 9.86 Å². The molecule has 96 valence electrons. The van der Waals surface area contributed by atoms with Crippen molar-refractivity contribution in [3.63, 3.8) is 0 Å². The smallest absolute Gasteiger partial charge is 0.291 e. The maximum absolute atomic E-state index is 12.1. The molecule has 0 bridgehead atoms. The average Bonchev–Trinajstić information content (AvgIpc) is 2.97. The molecule has 0 atom stereocenters. The molecule has 6 heteroatoms. The molecule has 0 aliphatic heterocycles. The van der Waals surface area contributed by atoms with Gasteiger partial charge in [-0.25, -0.2) is 0 Å². The van der Waals surface area contributed by atoms with E-state index >= 15 is 0 Å². The minimum Gasteiger partial charge on any atom is -0.451 e. The van der Waals surface area contributed by atoms with E-state index in [-0.39, 0.29) is 11.7 Å². The molecule has 0 unspecified atom stereocenters. The summed E-state index contributed by atoms with van der Waals surface area (Å²) in [5.41, 5.74) is 2.11. The summed E-state index contributed by atoms with van der Waals surface area (Å²) in [6.45, 7) is 1.83. The summed E-state index contributed by atoms with van der Waals surface area (Å²) >= 11 is 3.42. The fraction of sp³-hybridized carbons (Fsp3) is 0.0769. The number of aromatic nitrogens is 2. The lowest BCUT2D eigenvalue weighted by Crippen LogP contribution is -2.10. The molecule has 1 amide bonds. The molecule has 0 spiro atoms. The molecular formula is C13H10BrN3O2. The molecule has 0 saturated heterocycles. The Labute approximate surface area is 117 Å². The van der Waals surface area contributed by atoms with Crippen molar-refractivity contribution in [1.29, 1.82) is 0 Å². The zero-order valence-corrected chi connectivity index (χ0v) is 11.6. The molecule has 0 saturated carbocycles. The van der Waals surface area contributed by atoms with E-state index in [1.165, 1.54) is 0 Å². The molecule has 0 aliphatic carbocycles. The highest BCUT2D eigenvalue weighted by atomic mass is 79.9. The molecule has 3 aromatic rings. The number of carbonyl (C=O) groups is 1. The monoisotopic (exact) mass is 319 g/mol. The van der Waals surface area contributed by atoms with Crippen LogP contribution in [0.25, 0.3) is 11.0 Å². The Kier molecular flexibility index (Phi) is 2.87. The van der Waals surface area contributed by atoms with Gasteiger partial charge in [0.15, 0.2) is 5.76 Å². The summed E-state index contributed by atoms with van der Waals surface area (Å²) in [4.78, 5) is 12.1. The van der Waals surface area contributed by atoms with Crippen LogP contribution in [-0.2, 0) is 0 Å². The summed E-state index contributed by atoms with van der Waals surface area (Å²) < 4.78 is 6.42. The van der Waals surface area contributed by atoms with Crippen LogP contribution in [-0.4, -0.2) is 16.1 Å². The Morgan fingerprint density at radius 3 is 3.00 bits per heavy atom. The van der Waals surface area contributed by atoms with Crippen molar-refractivity contribution >= 4 is 38.5 Å². The zero-order valence-electron chi connectivity index (χ0n) is 10.0. The number of furan rings is 1. The van der Waals surface area contributed by atoms with Gasteiger partial charge >= 0.3 is 0 Å². The number of H-pyrrole nitrogens is 1. The number of hydrogen-bond acceptors (Lipinski definition) is 3. The van der Waals surface area contributed by atoms with Crippen LogP contribution in [0, 0.1) is 6.92 Å². The Morgan fingerprint density at radius 1 is 1.47 bits per heavy atom. The van der Waals surface area contributed by atoms with E-state index in [0.29, 0.717) is 11.3 Å². The molecule has 0 radical (unpaired) electrons. The summed E-state index contributed by atoms with van der Waals surface area (Å²) in [6, 6.07) is 7.29. The van der Waals surface area contributed by atoms with Gasteiger partial charge in [0.1, 0.15) is 5.58 Å². The number of aromatic amines is 1. The summed E-state index contributed by atoms with van der Waals surface area (Å²) in [7, 11) is 0. The number of carbonyl (C=O) groups excluding carboxylic acids is 1. The Morgan fingerprint density at radius 2 is 2.32 bits per heavy atom. The Balaban J connectivity index is 1.94. The van der Waals surface area contributed by atoms with Crippen LogP contribution in [0.3, 0.4) is 0 Å². The van der Waals surface area contributed by atoms with Crippen molar-refractivity contribution in [2.45, 2.75) is 6.92 Å². The minimum absolute atomic E-state index is 0.266. The van der Waals surface area contributed by atoms with Gasteiger partial charge in [-0.3, -0.25) is 9.89 Å². The summed E-state index contributed by atoms with van der Waals surface area (Å²) in [6.07, 6.45) is 1.56.